The maximum atomic E-state index is 12.4. The normalized spacial score (nSPS) is 15.5. The molecule has 0 saturated carbocycles. The Bertz CT molecular complexity index is 868. The number of nitrogens with one attached hydrogen (secondary N) is 2. The summed E-state index contributed by atoms with van der Waals surface area (Å²) in [7, 11) is 0. The maximum Gasteiger partial charge on any atom is 0.321 e. The number of aromatic amines is 1. The molecule has 2 N–H and O–H groups in total. The first-order chi connectivity index (χ1) is 12.2. The number of imidazole rings is 1. The lowest BCUT2D eigenvalue weighted by Gasteiger charge is -2.31. The smallest absolute Gasteiger partial charge is 0.321 e. The number of carbonyl (C=O) groups is 1. The Kier molecular flexibility index (Phi) is 4.28. The topological polar surface area (TPSA) is 73.9 Å². The lowest BCUT2D eigenvalue weighted by Crippen LogP contribution is -2.40. The van der Waals surface area contributed by atoms with Gasteiger partial charge in [0.2, 0.25) is 0 Å². The van der Waals surface area contributed by atoms with Gasteiger partial charge in [0.15, 0.2) is 5.65 Å². The number of amides is 2. The molecule has 1 fully saturated rings. The van der Waals surface area contributed by atoms with E-state index in [9.17, 15) is 4.79 Å². The zero-order valence-electron chi connectivity index (χ0n) is 13.6. The fraction of sp³-hybridized carbons (Fsp3) is 0.278. The number of hydrogen-bond acceptors (Lipinski definition) is 3. The van der Waals surface area contributed by atoms with E-state index in [1.54, 1.807) is 18.3 Å². The van der Waals surface area contributed by atoms with Gasteiger partial charge in [-0.25, -0.2) is 14.8 Å². The number of piperidine rings is 1. The lowest BCUT2D eigenvalue weighted by atomic mass is 9.96. The predicted octanol–water partition coefficient (Wildman–Crippen LogP) is 4.02. The van der Waals surface area contributed by atoms with E-state index in [4.69, 9.17) is 11.6 Å². The molecular formula is C18H18ClN5O. The molecule has 128 valence electrons. The third-order valence-electron chi connectivity index (χ3n) is 4.56. The van der Waals surface area contributed by atoms with E-state index in [0.717, 1.165) is 29.8 Å². The molecule has 1 aromatic carbocycles. The molecule has 0 radical (unpaired) electrons. The number of carbonyl (C=O) groups excluding carboxylic acids is 1. The molecule has 0 aliphatic carbocycles. The number of aromatic nitrogens is 3. The molecule has 3 aromatic rings. The van der Waals surface area contributed by atoms with Gasteiger partial charge in [0.1, 0.15) is 5.82 Å². The van der Waals surface area contributed by atoms with Crippen molar-refractivity contribution in [2.75, 3.05) is 18.4 Å². The second-order valence-electron chi connectivity index (χ2n) is 6.17. The molecule has 6 nitrogen and oxygen atoms in total. The van der Waals surface area contributed by atoms with Crippen LogP contribution in [0, 0.1) is 0 Å². The number of para-hydroxylation sites is 1. The van der Waals surface area contributed by atoms with Crippen LogP contribution >= 0.6 is 11.6 Å². The fourth-order valence-electron chi connectivity index (χ4n) is 3.17. The monoisotopic (exact) mass is 355 g/mol. The summed E-state index contributed by atoms with van der Waals surface area (Å²) in [6.07, 6.45) is 3.49. The van der Waals surface area contributed by atoms with Gasteiger partial charge < -0.3 is 15.2 Å². The zero-order chi connectivity index (χ0) is 17.2. The highest BCUT2D eigenvalue weighted by Crippen LogP contribution is 2.28. The van der Waals surface area contributed by atoms with E-state index in [-0.39, 0.29) is 6.03 Å². The molecule has 1 aliphatic rings. The third kappa shape index (κ3) is 3.30. The van der Waals surface area contributed by atoms with Crippen LogP contribution in [0.15, 0.2) is 42.6 Å². The number of H-pyrrole nitrogens is 1. The highest BCUT2D eigenvalue weighted by Gasteiger charge is 2.26. The lowest BCUT2D eigenvalue weighted by molar-refractivity contribution is 0.193. The van der Waals surface area contributed by atoms with Crippen LogP contribution in [0.5, 0.6) is 0 Å². The van der Waals surface area contributed by atoms with Gasteiger partial charge in [-0.15, -0.1) is 0 Å². The fourth-order valence-corrected chi connectivity index (χ4v) is 3.35. The van der Waals surface area contributed by atoms with Gasteiger partial charge in [0, 0.05) is 25.2 Å². The van der Waals surface area contributed by atoms with E-state index in [0.29, 0.717) is 29.7 Å². The van der Waals surface area contributed by atoms with Crippen molar-refractivity contribution in [1.29, 1.82) is 0 Å². The Morgan fingerprint density at radius 3 is 2.76 bits per heavy atom. The largest absolute Gasteiger partial charge is 0.340 e. The zero-order valence-corrected chi connectivity index (χ0v) is 14.3. The summed E-state index contributed by atoms with van der Waals surface area (Å²) < 4.78 is 0. The molecule has 1 saturated heterocycles. The van der Waals surface area contributed by atoms with Gasteiger partial charge in [0.05, 0.1) is 16.2 Å². The van der Waals surface area contributed by atoms with Crippen molar-refractivity contribution in [1.82, 2.24) is 19.9 Å². The number of halogens is 1. The summed E-state index contributed by atoms with van der Waals surface area (Å²) in [5.74, 6) is 1.28. The SMILES string of the molecule is O=C(Nc1ccccc1Cl)N1CCC(c2nc3ncccc3[nH]2)CC1. The van der Waals surface area contributed by atoms with Gasteiger partial charge in [-0.3, -0.25) is 0 Å². The van der Waals surface area contributed by atoms with E-state index >= 15 is 0 Å². The summed E-state index contributed by atoms with van der Waals surface area (Å²) >= 11 is 6.10. The Morgan fingerprint density at radius 1 is 1.20 bits per heavy atom. The summed E-state index contributed by atoms with van der Waals surface area (Å²) in [6, 6.07) is 11.0. The van der Waals surface area contributed by atoms with E-state index < -0.39 is 0 Å². The molecule has 7 heteroatoms. The van der Waals surface area contributed by atoms with E-state index in [1.165, 1.54) is 0 Å². The van der Waals surface area contributed by atoms with Crippen molar-refractivity contribution in [2.24, 2.45) is 0 Å². The Labute approximate surface area is 150 Å². The molecule has 0 unspecified atom stereocenters. The molecule has 0 spiro atoms. The van der Waals surface area contributed by atoms with Crippen molar-refractivity contribution in [3.63, 3.8) is 0 Å². The Hall–Kier alpha value is -2.60. The van der Waals surface area contributed by atoms with E-state index in [2.05, 4.69) is 20.3 Å². The standard InChI is InChI=1S/C18H18ClN5O/c19-13-4-1-2-5-14(13)22-18(25)24-10-7-12(8-11-24)16-21-15-6-3-9-20-17(15)23-16/h1-6,9,12H,7-8,10-11H2,(H,22,25)(H,20,21,23). The van der Waals surface area contributed by atoms with Gasteiger partial charge in [-0.1, -0.05) is 23.7 Å². The van der Waals surface area contributed by atoms with Gasteiger partial charge in [-0.2, -0.15) is 0 Å². The highest BCUT2D eigenvalue weighted by molar-refractivity contribution is 6.33. The predicted molar refractivity (Wildman–Crippen MR) is 97.9 cm³/mol. The average Bonchev–Trinajstić information content (AvgIpc) is 3.08. The average molecular weight is 356 g/mol. The van der Waals surface area contributed by atoms with Crippen molar-refractivity contribution >= 4 is 34.5 Å². The number of likely N-dealkylation sites (tertiary alicyclic amines) is 1. The third-order valence-corrected chi connectivity index (χ3v) is 4.89. The number of benzene rings is 1. The second-order valence-corrected chi connectivity index (χ2v) is 6.58. The number of hydrogen-bond donors (Lipinski definition) is 2. The number of nitrogens with zero attached hydrogens (tertiary/aromatic N) is 3. The van der Waals surface area contributed by atoms with Crippen LogP contribution in [0.2, 0.25) is 5.02 Å². The first kappa shape index (κ1) is 15.9. The molecule has 2 aromatic heterocycles. The summed E-state index contributed by atoms with van der Waals surface area (Å²) in [6.45, 7) is 1.37. The summed E-state index contributed by atoms with van der Waals surface area (Å²) in [5, 5.41) is 3.42. The molecule has 2 amide bonds. The van der Waals surface area contributed by atoms with Crippen LogP contribution in [0.1, 0.15) is 24.6 Å². The summed E-state index contributed by atoms with van der Waals surface area (Å²) in [5.41, 5.74) is 2.34. The first-order valence-corrected chi connectivity index (χ1v) is 8.69. The van der Waals surface area contributed by atoms with Crippen LogP contribution in [-0.4, -0.2) is 39.0 Å². The van der Waals surface area contributed by atoms with Gasteiger partial charge in [0.25, 0.3) is 0 Å². The second kappa shape index (κ2) is 6.72. The first-order valence-electron chi connectivity index (χ1n) is 8.32. The molecule has 25 heavy (non-hydrogen) atoms. The van der Waals surface area contributed by atoms with Crippen molar-refractivity contribution in [3.05, 3.63) is 53.4 Å². The van der Waals surface area contributed by atoms with Crippen molar-refractivity contribution in [2.45, 2.75) is 18.8 Å². The molecule has 0 atom stereocenters. The van der Waals surface area contributed by atoms with Crippen molar-refractivity contribution in [3.8, 4) is 0 Å². The minimum Gasteiger partial charge on any atom is -0.340 e. The molecule has 0 bridgehead atoms. The van der Waals surface area contributed by atoms with Gasteiger partial charge in [-0.05, 0) is 37.1 Å². The van der Waals surface area contributed by atoms with Gasteiger partial charge >= 0.3 is 6.03 Å². The molecule has 3 heterocycles. The van der Waals surface area contributed by atoms with Crippen LogP contribution in [0.3, 0.4) is 0 Å². The molecule has 4 rings (SSSR count). The number of rotatable bonds is 2. The number of pyridine rings is 1. The van der Waals surface area contributed by atoms with E-state index in [1.807, 2.05) is 29.2 Å². The number of fused-ring (bicyclic) bond motifs is 1. The minimum absolute atomic E-state index is 0.113. The Morgan fingerprint density at radius 2 is 2.00 bits per heavy atom. The number of anilines is 1. The highest BCUT2D eigenvalue weighted by atomic mass is 35.5. The summed E-state index contributed by atoms with van der Waals surface area (Å²) in [4.78, 5) is 26.4. The van der Waals surface area contributed by atoms with Crippen LogP contribution < -0.4 is 5.32 Å². The van der Waals surface area contributed by atoms with Crippen LogP contribution in [-0.2, 0) is 0 Å². The number of urea groups is 1. The Balaban J connectivity index is 1.39. The maximum absolute atomic E-state index is 12.4. The van der Waals surface area contributed by atoms with Crippen LogP contribution in [0.25, 0.3) is 11.2 Å². The molecular weight excluding hydrogens is 338 g/mol. The van der Waals surface area contributed by atoms with Crippen LogP contribution in [0.4, 0.5) is 10.5 Å². The quantitative estimate of drug-likeness (QED) is 0.729. The van der Waals surface area contributed by atoms with Crippen molar-refractivity contribution < 1.29 is 4.79 Å². The molecule has 1 aliphatic heterocycles. The minimum atomic E-state index is -0.113.